The number of β-lactam (4-membered cyclic amide) rings is 1. The number of carbonyl (C=O) groups is 4. The number of esters is 1. The Morgan fingerprint density at radius 1 is 1.46 bits per heavy atom. The van der Waals surface area contributed by atoms with Gasteiger partial charge in [0.05, 0.1) is 19.6 Å². The summed E-state index contributed by atoms with van der Waals surface area (Å²) in [6.07, 6.45) is 0.236. The SMILES string of the molecule is COC(=O)CCSC=C(C)C1C(NC(=O)CCl)C(=O)N1CC(=O)O. The number of likely N-dealkylation sites (tertiary alicyclic amines) is 1. The van der Waals surface area contributed by atoms with Crippen LogP contribution in [0.2, 0.25) is 0 Å². The highest BCUT2D eigenvalue weighted by Gasteiger charge is 2.49. The van der Waals surface area contributed by atoms with Gasteiger partial charge in [0.15, 0.2) is 0 Å². The molecule has 0 bridgehead atoms. The summed E-state index contributed by atoms with van der Waals surface area (Å²) in [6.45, 7) is 1.28. The van der Waals surface area contributed by atoms with Gasteiger partial charge in [-0.25, -0.2) is 0 Å². The third-order valence-corrected chi connectivity index (χ3v) is 4.55. The summed E-state index contributed by atoms with van der Waals surface area (Å²) < 4.78 is 4.53. The minimum absolute atomic E-state index is 0.236. The number of thioether (sulfide) groups is 1. The molecule has 1 fully saturated rings. The molecule has 0 radical (unpaired) electrons. The van der Waals surface area contributed by atoms with Gasteiger partial charge in [-0.15, -0.1) is 23.4 Å². The number of nitrogens with one attached hydrogen (secondary N) is 1. The zero-order valence-corrected chi connectivity index (χ0v) is 14.9. The number of methoxy groups -OCH3 is 1. The lowest BCUT2D eigenvalue weighted by Crippen LogP contribution is -2.71. The number of nitrogens with zero attached hydrogens (tertiary/aromatic N) is 1. The Morgan fingerprint density at radius 3 is 2.67 bits per heavy atom. The van der Waals surface area contributed by atoms with E-state index in [-0.39, 0.29) is 18.3 Å². The number of alkyl halides is 1. The van der Waals surface area contributed by atoms with Gasteiger partial charge >= 0.3 is 11.9 Å². The van der Waals surface area contributed by atoms with E-state index in [4.69, 9.17) is 16.7 Å². The van der Waals surface area contributed by atoms with Crippen molar-refractivity contribution >= 4 is 47.1 Å². The summed E-state index contributed by atoms with van der Waals surface area (Å²) in [5.41, 5.74) is 0.714. The molecule has 1 rings (SSSR count). The van der Waals surface area contributed by atoms with E-state index in [9.17, 15) is 19.2 Å². The smallest absolute Gasteiger partial charge is 0.323 e. The predicted octanol–water partition coefficient (Wildman–Crippen LogP) is 0.206. The van der Waals surface area contributed by atoms with Gasteiger partial charge in [0, 0.05) is 5.75 Å². The second-order valence-corrected chi connectivity index (χ2v) is 6.29. The highest BCUT2D eigenvalue weighted by atomic mass is 35.5. The first-order valence-electron chi connectivity index (χ1n) is 7.04. The molecule has 0 saturated carbocycles. The summed E-state index contributed by atoms with van der Waals surface area (Å²) in [6, 6.07) is -1.38. The van der Waals surface area contributed by atoms with Crippen LogP contribution < -0.4 is 5.32 Å². The number of ether oxygens (including phenoxy) is 1. The maximum Gasteiger partial charge on any atom is 0.323 e. The zero-order valence-electron chi connectivity index (χ0n) is 13.3. The van der Waals surface area contributed by atoms with Gasteiger partial charge in [0.1, 0.15) is 18.5 Å². The van der Waals surface area contributed by atoms with Crippen LogP contribution in [0.3, 0.4) is 0 Å². The summed E-state index contributed by atoms with van der Waals surface area (Å²) in [5.74, 6) is -2.22. The van der Waals surface area contributed by atoms with Crippen LogP contribution in [0.4, 0.5) is 0 Å². The highest BCUT2D eigenvalue weighted by Crippen LogP contribution is 2.28. The third-order valence-electron chi connectivity index (χ3n) is 3.33. The largest absolute Gasteiger partial charge is 0.480 e. The molecule has 134 valence electrons. The average molecular weight is 379 g/mol. The minimum Gasteiger partial charge on any atom is -0.480 e. The van der Waals surface area contributed by atoms with Gasteiger partial charge in [-0.1, -0.05) is 0 Å². The van der Waals surface area contributed by atoms with Crippen molar-refractivity contribution in [2.24, 2.45) is 0 Å². The van der Waals surface area contributed by atoms with Crippen LogP contribution in [-0.4, -0.2) is 71.1 Å². The molecular formula is C14H19ClN2O6S. The molecule has 1 saturated heterocycles. The molecule has 2 unspecified atom stereocenters. The summed E-state index contributed by atoms with van der Waals surface area (Å²) in [7, 11) is 1.31. The van der Waals surface area contributed by atoms with E-state index in [1.54, 1.807) is 12.3 Å². The van der Waals surface area contributed by atoms with Crippen molar-refractivity contribution in [1.82, 2.24) is 10.2 Å². The van der Waals surface area contributed by atoms with Crippen LogP contribution in [0, 0.1) is 0 Å². The molecule has 2 atom stereocenters. The van der Waals surface area contributed by atoms with Gasteiger partial charge < -0.3 is 20.1 Å². The van der Waals surface area contributed by atoms with E-state index in [0.717, 1.165) is 0 Å². The van der Waals surface area contributed by atoms with E-state index in [2.05, 4.69) is 10.1 Å². The van der Waals surface area contributed by atoms with Crippen molar-refractivity contribution in [3.63, 3.8) is 0 Å². The second kappa shape index (κ2) is 9.53. The number of aliphatic carboxylic acids is 1. The van der Waals surface area contributed by atoms with Crippen molar-refractivity contribution < 1.29 is 29.0 Å². The second-order valence-electron chi connectivity index (χ2n) is 5.04. The lowest BCUT2D eigenvalue weighted by atomic mass is 9.89. The topological polar surface area (TPSA) is 113 Å². The summed E-state index contributed by atoms with van der Waals surface area (Å²) in [5, 5.41) is 13.1. The lowest BCUT2D eigenvalue weighted by molar-refractivity contribution is -0.157. The fourth-order valence-electron chi connectivity index (χ4n) is 2.24. The maximum absolute atomic E-state index is 12.0. The number of rotatable bonds is 9. The fourth-order valence-corrected chi connectivity index (χ4v) is 3.12. The molecule has 1 aliphatic rings. The van der Waals surface area contributed by atoms with Crippen LogP contribution >= 0.6 is 23.4 Å². The van der Waals surface area contributed by atoms with E-state index in [1.165, 1.54) is 23.8 Å². The normalized spacial score (nSPS) is 20.4. The molecule has 0 aliphatic carbocycles. The molecule has 1 heterocycles. The molecule has 2 amide bonds. The van der Waals surface area contributed by atoms with E-state index >= 15 is 0 Å². The first-order chi connectivity index (χ1) is 11.3. The number of halogens is 1. The molecule has 2 N–H and O–H groups in total. The third kappa shape index (κ3) is 5.41. The van der Waals surface area contributed by atoms with Gasteiger partial charge in [-0.05, 0) is 17.9 Å². The predicted molar refractivity (Wildman–Crippen MR) is 88.6 cm³/mol. The standard InChI is InChI=1S/C14H19ClN2O6S/c1-8(7-24-4-3-11(21)23-2)13-12(16-9(18)5-15)14(22)17(13)6-10(19)20/h7,12-13H,3-6H2,1-2H3,(H,16,18)(H,19,20). The molecule has 0 aromatic carbocycles. The van der Waals surface area contributed by atoms with Crippen molar-refractivity contribution in [3.05, 3.63) is 11.0 Å². The van der Waals surface area contributed by atoms with Gasteiger partial charge in [-0.3, -0.25) is 19.2 Å². The quantitative estimate of drug-likeness (QED) is 0.255. The van der Waals surface area contributed by atoms with Crippen LogP contribution in [0.25, 0.3) is 0 Å². The number of hydrogen-bond acceptors (Lipinski definition) is 6. The van der Waals surface area contributed by atoms with Crippen LogP contribution in [-0.2, 0) is 23.9 Å². The van der Waals surface area contributed by atoms with E-state index in [0.29, 0.717) is 11.3 Å². The first-order valence-corrected chi connectivity index (χ1v) is 8.62. The highest BCUT2D eigenvalue weighted by molar-refractivity contribution is 8.02. The summed E-state index contributed by atoms with van der Waals surface area (Å²) in [4.78, 5) is 46.6. The number of carbonyl (C=O) groups excluding carboxylic acids is 3. The van der Waals surface area contributed by atoms with Crippen molar-refractivity contribution in [1.29, 1.82) is 0 Å². The Morgan fingerprint density at radius 2 is 2.12 bits per heavy atom. The Kier molecular flexibility index (Phi) is 8.06. The van der Waals surface area contributed by atoms with Crippen LogP contribution in [0.15, 0.2) is 11.0 Å². The maximum atomic E-state index is 12.0. The zero-order chi connectivity index (χ0) is 18.3. The first kappa shape index (κ1) is 20.3. The molecule has 1 aliphatic heterocycles. The van der Waals surface area contributed by atoms with Crippen molar-refractivity contribution in [3.8, 4) is 0 Å². The number of carboxylic acid groups (broad SMARTS) is 1. The molecule has 10 heteroatoms. The molecule has 0 aromatic heterocycles. The molecule has 0 spiro atoms. The van der Waals surface area contributed by atoms with E-state index < -0.39 is 36.4 Å². The number of carboxylic acids is 1. The number of amides is 2. The molecule has 24 heavy (non-hydrogen) atoms. The lowest BCUT2D eigenvalue weighted by Gasteiger charge is -2.47. The van der Waals surface area contributed by atoms with Crippen molar-refractivity contribution in [2.75, 3.05) is 25.3 Å². The Balaban J connectivity index is 2.74. The minimum atomic E-state index is -1.14. The van der Waals surface area contributed by atoms with Gasteiger partial charge in [0.2, 0.25) is 11.8 Å². The monoisotopic (exact) mass is 378 g/mol. The Bertz CT molecular complexity index is 553. The number of hydrogen-bond donors (Lipinski definition) is 2. The van der Waals surface area contributed by atoms with Crippen LogP contribution in [0.1, 0.15) is 13.3 Å². The molecule has 8 nitrogen and oxygen atoms in total. The van der Waals surface area contributed by atoms with Crippen molar-refractivity contribution in [2.45, 2.75) is 25.4 Å². The Hall–Kier alpha value is -1.74. The van der Waals surface area contributed by atoms with Crippen LogP contribution in [0.5, 0.6) is 0 Å². The van der Waals surface area contributed by atoms with Gasteiger partial charge in [-0.2, -0.15) is 0 Å². The average Bonchev–Trinajstić information content (AvgIpc) is 2.55. The van der Waals surface area contributed by atoms with Gasteiger partial charge in [0.25, 0.3) is 0 Å². The van der Waals surface area contributed by atoms with E-state index in [1.807, 2.05) is 0 Å². The molecule has 0 aromatic rings. The Labute approximate surface area is 148 Å². The fraction of sp³-hybridized carbons (Fsp3) is 0.571. The summed E-state index contributed by atoms with van der Waals surface area (Å²) >= 11 is 6.77. The molecular weight excluding hydrogens is 360 g/mol.